The molecule has 0 aromatic heterocycles. The van der Waals surface area contributed by atoms with E-state index in [2.05, 4.69) is 28.1 Å². The van der Waals surface area contributed by atoms with Crippen molar-refractivity contribution < 1.29 is 17.5 Å². The van der Waals surface area contributed by atoms with Crippen molar-refractivity contribution in [2.75, 3.05) is 27.7 Å². The third-order valence-electron chi connectivity index (χ3n) is 5.71. The lowest BCUT2D eigenvalue weighted by Gasteiger charge is -2.23. The largest absolute Gasteiger partial charge is 0.744 e. The number of hydrogen-bond acceptors (Lipinski definition) is 3. The molecular weight excluding hydrogens is 418 g/mol. The van der Waals surface area contributed by atoms with Gasteiger partial charge in [0.1, 0.15) is 10.1 Å². The Morgan fingerprint density at radius 3 is 1.25 bits per heavy atom. The van der Waals surface area contributed by atoms with Crippen LogP contribution in [-0.2, 0) is 10.1 Å². The molecule has 0 saturated carbocycles. The molecule has 0 atom stereocenters. The van der Waals surface area contributed by atoms with Gasteiger partial charge in [-0.2, -0.15) is 0 Å². The van der Waals surface area contributed by atoms with E-state index in [1.165, 1.54) is 134 Å². The van der Waals surface area contributed by atoms with E-state index < -0.39 is 10.1 Å². The molecule has 5 heteroatoms. The number of rotatable bonds is 18. The van der Waals surface area contributed by atoms with Gasteiger partial charge in [0.15, 0.2) is 0 Å². The van der Waals surface area contributed by atoms with Gasteiger partial charge in [-0.3, -0.25) is 0 Å². The van der Waals surface area contributed by atoms with Crippen LogP contribution in [0.5, 0.6) is 0 Å². The van der Waals surface area contributed by atoms with E-state index in [-0.39, 0.29) is 4.90 Å². The van der Waals surface area contributed by atoms with Gasteiger partial charge in [0.2, 0.25) is 0 Å². The molecule has 1 aromatic carbocycles. The SMILES string of the molecule is CCCCCCCCCCCCCCCCCC[N+](C)(C)C.O=S(=O)([O-])c1ccccc1. The van der Waals surface area contributed by atoms with Gasteiger partial charge in [-0.05, 0) is 25.0 Å². The molecule has 0 bridgehead atoms. The lowest BCUT2D eigenvalue weighted by atomic mass is 10.0. The minimum absolute atomic E-state index is 0.185. The monoisotopic (exact) mass is 469 g/mol. The number of quaternary nitrogens is 1. The Balaban J connectivity index is 0.000000792. The van der Waals surface area contributed by atoms with Crippen LogP contribution < -0.4 is 0 Å². The Kier molecular flexibility index (Phi) is 19.0. The molecule has 188 valence electrons. The Bertz CT molecular complexity index is 624. The minimum Gasteiger partial charge on any atom is -0.744 e. The van der Waals surface area contributed by atoms with Gasteiger partial charge in [0.25, 0.3) is 0 Å². The predicted molar refractivity (Wildman–Crippen MR) is 137 cm³/mol. The molecule has 0 aliphatic carbocycles. The molecule has 0 N–H and O–H groups in total. The van der Waals surface area contributed by atoms with Crippen LogP contribution >= 0.6 is 0 Å². The summed E-state index contributed by atoms with van der Waals surface area (Å²) in [7, 11) is 2.64. The summed E-state index contributed by atoms with van der Waals surface area (Å²) < 4.78 is 32.0. The van der Waals surface area contributed by atoms with Crippen molar-refractivity contribution in [3.63, 3.8) is 0 Å². The molecule has 0 heterocycles. The lowest BCUT2D eigenvalue weighted by Crippen LogP contribution is -2.35. The summed E-state index contributed by atoms with van der Waals surface area (Å²) in [6, 6.07) is 7.19. The molecule has 0 aliphatic rings. The van der Waals surface area contributed by atoms with Crippen molar-refractivity contribution in [1.82, 2.24) is 0 Å². The fraction of sp³-hybridized carbons (Fsp3) is 0.778. The van der Waals surface area contributed by atoms with Crippen molar-refractivity contribution in [3.05, 3.63) is 30.3 Å². The van der Waals surface area contributed by atoms with Crippen molar-refractivity contribution in [2.45, 2.75) is 115 Å². The molecule has 1 rings (SSSR count). The van der Waals surface area contributed by atoms with Crippen LogP contribution in [0.15, 0.2) is 35.2 Å². The first kappa shape index (κ1) is 31.1. The molecule has 0 amide bonds. The molecular formula is C27H51NO3S. The Morgan fingerprint density at radius 2 is 0.969 bits per heavy atom. The fourth-order valence-corrected chi connectivity index (χ4v) is 4.21. The third kappa shape index (κ3) is 22.3. The summed E-state index contributed by atoms with van der Waals surface area (Å²) in [5, 5.41) is 0. The van der Waals surface area contributed by atoms with Crippen molar-refractivity contribution in [3.8, 4) is 0 Å². The molecule has 0 fully saturated rings. The van der Waals surface area contributed by atoms with Crippen LogP contribution in [0.2, 0.25) is 0 Å². The van der Waals surface area contributed by atoms with Gasteiger partial charge < -0.3 is 9.04 Å². The molecule has 0 saturated heterocycles. The summed E-state index contributed by atoms with van der Waals surface area (Å²) >= 11 is 0. The Morgan fingerprint density at radius 1 is 0.625 bits per heavy atom. The average molecular weight is 470 g/mol. The zero-order chi connectivity index (χ0) is 24.1. The van der Waals surface area contributed by atoms with Crippen LogP contribution in [0.4, 0.5) is 0 Å². The van der Waals surface area contributed by atoms with E-state index in [0.717, 1.165) is 4.48 Å². The van der Waals surface area contributed by atoms with E-state index in [9.17, 15) is 13.0 Å². The van der Waals surface area contributed by atoms with Gasteiger partial charge in [-0.15, -0.1) is 0 Å². The van der Waals surface area contributed by atoms with E-state index in [4.69, 9.17) is 0 Å². The van der Waals surface area contributed by atoms with Crippen molar-refractivity contribution in [1.29, 1.82) is 0 Å². The number of unbranched alkanes of at least 4 members (excludes halogenated alkanes) is 15. The summed E-state index contributed by atoms with van der Waals surface area (Å²) in [5.74, 6) is 0. The van der Waals surface area contributed by atoms with E-state index in [0.29, 0.717) is 0 Å². The van der Waals surface area contributed by atoms with Gasteiger partial charge in [-0.25, -0.2) is 8.42 Å². The maximum atomic E-state index is 10.3. The molecule has 0 aliphatic heterocycles. The predicted octanol–water partition coefficient (Wildman–Crippen LogP) is 7.54. The molecule has 32 heavy (non-hydrogen) atoms. The summed E-state index contributed by atoms with van der Waals surface area (Å²) in [6.07, 6.45) is 23.4. The average Bonchev–Trinajstić information content (AvgIpc) is 2.73. The van der Waals surface area contributed by atoms with Crippen LogP contribution in [0.1, 0.15) is 110 Å². The summed E-state index contributed by atoms with van der Waals surface area (Å²) in [5.41, 5.74) is 0. The zero-order valence-electron chi connectivity index (χ0n) is 21.5. The maximum Gasteiger partial charge on any atom is 0.124 e. The second-order valence-electron chi connectivity index (χ2n) is 10.1. The quantitative estimate of drug-likeness (QED) is 0.127. The van der Waals surface area contributed by atoms with Gasteiger partial charge in [0, 0.05) is 0 Å². The van der Waals surface area contributed by atoms with E-state index >= 15 is 0 Å². The number of nitrogens with zero attached hydrogens (tertiary/aromatic N) is 1. The van der Waals surface area contributed by atoms with Crippen molar-refractivity contribution in [2.24, 2.45) is 0 Å². The molecule has 0 spiro atoms. The zero-order valence-corrected chi connectivity index (χ0v) is 22.3. The van der Waals surface area contributed by atoms with Gasteiger partial charge in [-0.1, -0.05) is 115 Å². The Hall–Kier alpha value is -0.910. The highest BCUT2D eigenvalue weighted by atomic mass is 32.2. The maximum absolute atomic E-state index is 10.3. The molecule has 4 nitrogen and oxygen atoms in total. The Labute approximate surface area is 200 Å². The third-order valence-corrected chi connectivity index (χ3v) is 6.56. The van der Waals surface area contributed by atoms with Gasteiger partial charge in [0.05, 0.1) is 32.6 Å². The highest BCUT2D eigenvalue weighted by molar-refractivity contribution is 7.85. The second-order valence-corrected chi connectivity index (χ2v) is 11.5. The summed E-state index contributed by atoms with van der Waals surface area (Å²) in [4.78, 5) is -0.185. The van der Waals surface area contributed by atoms with Crippen LogP contribution in [0.25, 0.3) is 0 Å². The van der Waals surface area contributed by atoms with Crippen LogP contribution in [0, 0.1) is 0 Å². The highest BCUT2D eigenvalue weighted by Gasteiger charge is 2.05. The van der Waals surface area contributed by atoms with Crippen molar-refractivity contribution >= 4 is 10.1 Å². The number of hydrogen-bond donors (Lipinski definition) is 0. The fourth-order valence-electron chi connectivity index (χ4n) is 3.72. The molecule has 0 radical (unpaired) electrons. The van der Waals surface area contributed by atoms with Crippen LogP contribution in [-0.4, -0.2) is 45.1 Å². The number of benzene rings is 1. The molecule has 1 aromatic rings. The first-order valence-electron chi connectivity index (χ1n) is 13.0. The highest BCUT2D eigenvalue weighted by Crippen LogP contribution is 2.14. The standard InChI is InChI=1S/C21H46N.C6H6O3S/c1-5-6-7-8-9-10-11-12-13-14-15-16-17-18-19-20-21-22(2,3)4;7-10(8,9)6-4-2-1-3-5-6/h5-21H2,1-4H3;1-5H,(H,7,8,9)/q+1;/p-1. The van der Waals surface area contributed by atoms with Crippen LogP contribution in [0.3, 0.4) is 0 Å². The first-order valence-corrected chi connectivity index (χ1v) is 14.4. The summed E-state index contributed by atoms with van der Waals surface area (Å²) in [6.45, 7) is 3.63. The normalized spacial score (nSPS) is 11.8. The first-order chi connectivity index (χ1) is 15.2. The lowest BCUT2D eigenvalue weighted by molar-refractivity contribution is -0.870. The van der Waals surface area contributed by atoms with E-state index in [1.807, 2.05) is 0 Å². The molecule has 0 unspecified atom stereocenters. The topological polar surface area (TPSA) is 57.2 Å². The second kappa shape index (κ2) is 19.5. The minimum atomic E-state index is -4.25. The van der Waals surface area contributed by atoms with Gasteiger partial charge >= 0.3 is 0 Å². The smallest absolute Gasteiger partial charge is 0.124 e. The van der Waals surface area contributed by atoms with E-state index in [1.54, 1.807) is 6.07 Å².